The Morgan fingerprint density at radius 1 is 1.33 bits per heavy atom. The molecule has 0 radical (unpaired) electrons. The Morgan fingerprint density at radius 3 is 2.89 bits per heavy atom. The van der Waals surface area contributed by atoms with Gasteiger partial charge in [0.2, 0.25) is 5.91 Å². The minimum Gasteiger partial charge on any atom is -0.331 e. The lowest BCUT2D eigenvalue weighted by Crippen LogP contribution is -2.33. The Morgan fingerprint density at radius 2 is 2.11 bits per heavy atom. The number of hydrogen-bond donors (Lipinski definition) is 2. The molecule has 1 heterocycles. The summed E-state index contributed by atoms with van der Waals surface area (Å²) in [6.45, 7) is 1.78. The predicted octanol–water partition coefficient (Wildman–Crippen LogP) is 2.46. The van der Waals surface area contributed by atoms with Crippen molar-refractivity contribution in [2.75, 3.05) is 5.32 Å². The molecule has 2 rings (SSSR count). The molecule has 2 N–H and O–H groups in total. The highest BCUT2D eigenvalue weighted by Crippen LogP contribution is 2.20. The number of carbonyl (C=O) groups is 1. The van der Waals surface area contributed by atoms with Gasteiger partial charge in [0, 0.05) is 18.0 Å². The number of hydrogen-bond acceptors (Lipinski definition) is 3. The first kappa shape index (κ1) is 12.4. The number of fused-ring (bicyclic) bond motifs is 1. The van der Waals surface area contributed by atoms with Crippen LogP contribution in [0.5, 0.6) is 0 Å². The molecule has 5 heteroatoms. The van der Waals surface area contributed by atoms with Crippen molar-refractivity contribution >= 4 is 39.8 Å². The van der Waals surface area contributed by atoms with Crippen molar-refractivity contribution in [2.45, 2.75) is 13.3 Å². The summed E-state index contributed by atoms with van der Waals surface area (Å²) in [5, 5.41) is 6.90. The zero-order valence-corrected chi connectivity index (χ0v) is 10.8. The van der Waals surface area contributed by atoms with Gasteiger partial charge in [-0.3, -0.25) is 9.78 Å². The molecule has 0 aliphatic carbocycles. The summed E-state index contributed by atoms with van der Waals surface area (Å²) in [5.41, 5.74) is 1.61. The molecule has 0 saturated carbocycles. The van der Waals surface area contributed by atoms with E-state index in [1.54, 1.807) is 13.1 Å². The summed E-state index contributed by atoms with van der Waals surface area (Å²) in [4.78, 5) is 15.5. The van der Waals surface area contributed by atoms with E-state index in [-0.39, 0.29) is 5.91 Å². The summed E-state index contributed by atoms with van der Waals surface area (Å²) in [6, 6.07) is 9.61. The van der Waals surface area contributed by atoms with E-state index in [0.29, 0.717) is 11.5 Å². The Labute approximate surface area is 110 Å². The smallest absolute Gasteiger partial charge is 0.225 e. The lowest BCUT2D eigenvalue weighted by Gasteiger charge is -2.10. The average Bonchev–Trinajstić information content (AvgIpc) is 2.39. The molecular formula is C13H13N3OS. The van der Waals surface area contributed by atoms with Crippen molar-refractivity contribution < 1.29 is 4.79 Å². The van der Waals surface area contributed by atoms with Gasteiger partial charge in [0.05, 0.1) is 11.2 Å². The van der Waals surface area contributed by atoms with Crippen LogP contribution in [-0.2, 0) is 4.79 Å². The van der Waals surface area contributed by atoms with E-state index in [4.69, 9.17) is 12.2 Å². The first-order chi connectivity index (χ1) is 8.70. The maximum Gasteiger partial charge on any atom is 0.225 e. The van der Waals surface area contributed by atoms with Gasteiger partial charge in [-0.25, -0.2) is 0 Å². The molecule has 1 amide bonds. The first-order valence-electron chi connectivity index (χ1n) is 5.65. The molecule has 1 aromatic carbocycles. The van der Waals surface area contributed by atoms with Crippen LogP contribution in [0.1, 0.15) is 13.3 Å². The molecule has 2 aromatic rings. The molecule has 1 aromatic heterocycles. The number of pyridine rings is 1. The number of nitrogens with one attached hydrogen (secondary N) is 2. The van der Waals surface area contributed by atoms with Crippen LogP contribution in [0.25, 0.3) is 10.9 Å². The summed E-state index contributed by atoms with van der Waals surface area (Å²) < 4.78 is 0. The van der Waals surface area contributed by atoms with Crippen molar-refractivity contribution in [2.24, 2.45) is 0 Å². The van der Waals surface area contributed by atoms with Crippen LogP contribution in [0.2, 0.25) is 0 Å². The van der Waals surface area contributed by atoms with Crippen LogP contribution in [0.3, 0.4) is 0 Å². The molecule has 18 heavy (non-hydrogen) atoms. The van der Waals surface area contributed by atoms with E-state index < -0.39 is 0 Å². The maximum absolute atomic E-state index is 11.2. The number of rotatable bonds is 2. The van der Waals surface area contributed by atoms with Crippen molar-refractivity contribution in [1.29, 1.82) is 0 Å². The van der Waals surface area contributed by atoms with E-state index in [0.717, 1.165) is 16.6 Å². The third-order valence-electron chi connectivity index (χ3n) is 2.45. The summed E-state index contributed by atoms with van der Waals surface area (Å²) >= 11 is 5.07. The Balaban J connectivity index is 2.21. The molecule has 0 aliphatic rings. The number of thiocarbonyl (C=S) groups is 1. The van der Waals surface area contributed by atoms with E-state index in [1.807, 2.05) is 30.3 Å². The standard InChI is InChI=1S/C13H13N3OS/c1-2-11(17)16-13(18)15-10-7-3-5-9-6-4-8-14-12(9)10/h3-8H,2H2,1H3,(H2,15,16,17,18). The number of anilines is 1. The summed E-state index contributed by atoms with van der Waals surface area (Å²) in [6.07, 6.45) is 2.12. The number of benzene rings is 1. The van der Waals surface area contributed by atoms with Crippen LogP contribution < -0.4 is 10.6 Å². The number of para-hydroxylation sites is 1. The van der Waals surface area contributed by atoms with Crippen LogP contribution in [-0.4, -0.2) is 16.0 Å². The third kappa shape index (κ3) is 2.81. The third-order valence-corrected chi connectivity index (χ3v) is 2.66. The molecule has 0 spiro atoms. The number of aromatic nitrogens is 1. The van der Waals surface area contributed by atoms with Gasteiger partial charge in [-0.1, -0.05) is 25.1 Å². The highest BCUT2D eigenvalue weighted by molar-refractivity contribution is 7.80. The minimum absolute atomic E-state index is 0.110. The monoisotopic (exact) mass is 259 g/mol. The fourth-order valence-corrected chi connectivity index (χ4v) is 1.80. The fourth-order valence-electron chi connectivity index (χ4n) is 1.57. The molecule has 0 unspecified atom stereocenters. The fraction of sp³-hybridized carbons (Fsp3) is 0.154. The van der Waals surface area contributed by atoms with Crippen molar-refractivity contribution in [3.8, 4) is 0 Å². The van der Waals surface area contributed by atoms with Gasteiger partial charge >= 0.3 is 0 Å². The molecule has 0 atom stereocenters. The molecule has 0 fully saturated rings. The zero-order chi connectivity index (χ0) is 13.0. The Hall–Kier alpha value is -2.01. The highest BCUT2D eigenvalue weighted by atomic mass is 32.1. The van der Waals surface area contributed by atoms with Gasteiger partial charge in [-0.05, 0) is 24.4 Å². The SMILES string of the molecule is CCC(=O)NC(=S)Nc1cccc2cccnc12. The lowest BCUT2D eigenvalue weighted by molar-refractivity contribution is -0.119. The molecule has 4 nitrogen and oxygen atoms in total. The zero-order valence-electron chi connectivity index (χ0n) is 9.93. The number of carbonyl (C=O) groups excluding carboxylic acids is 1. The normalized spacial score (nSPS) is 10.1. The minimum atomic E-state index is -0.110. The van der Waals surface area contributed by atoms with Gasteiger partial charge in [-0.2, -0.15) is 0 Å². The van der Waals surface area contributed by atoms with E-state index in [9.17, 15) is 4.79 Å². The number of nitrogens with zero attached hydrogens (tertiary/aromatic N) is 1. The second kappa shape index (κ2) is 5.55. The van der Waals surface area contributed by atoms with E-state index >= 15 is 0 Å². The molecule has 0 bridgehead atoms. The van der Waals surface area contributed by atoms with Crippen molar-refractivity contribution in [1.82, 2.24) is 10.3 Å². The van der Waals surface area contributed by atoms with Crippen LogP contribution in [0.4, 0.5) is 5.69 Å². The number of amides is 1. The van der Waals surface area contributed by atoms with Gasteiger partial charge < -0.3 is 10.6 Å². The quantitative estimate of drug-likeness (QED) is 0.813. The molecule has 0 saturated heterocycles. The first-order valence-corrected chi connectivity index (χ1v) is 6.06. The van der Waals surface area contributed by atoms with Crippen molar-refractivity contribution in [3.05, 3.63) is 36.5 Å². The maximum atomic E-state index is 11.2. The van der Waals surface area contributed by atoms with Crippen LogP contribution in [0.15, 0.2) is 36.5 Å². The Bertz CT molecular complexity index is 592. The molecular weight excluding hydrogens is 246 g/mol. The second-order valence-corrected chi connectivity index (χ2v) is 4.14. The van der Waals surface area contributed by atoms with Crippen LogP contribution in [0, 0.1) is 0 Å². The van der Waals surface area contributed by atoms with Gasteiger partial charge in [0.25, 0.3) is 0 Å². The highest BCUT2D eigenvalue weighted by Gasteiger charge is 2.05. The largest absolute Gasteiger partial charge is 0.331 e. The molecule has 0 aliphatic heterocycles. The predicted molar refractivity (Wildman–Crippen MR) is 76.4 cm³/mol. The van der Waals surface area contributed by atoms with E-state index in [2.05, 4.69) is 15.6 Å². The molecule has 92 valence electrons. The van der Waals surface area contributed by atoms with Crippen molar-refractivity contribution in [3.63, 3.8) is 0 Å². The summed E-state index contributed by atoms with van der Waals surface area (Å²) in [7, 11) is 0. The van der Waals surface area contributed by atoms with Crippen LogP contribution >= 0.6 is 12.2 Å². The van der Waals surface area contributed by atoms with Gasteiger partial charge in [-0.15, -0.1) is 0 Å². The Kier molecular flexibility index (Phi) is 3.84. The van der Waals surface area contributed by atoms with Gasteiger partial charge in [0.1, 0.15) is 0 Å². The lowest BCUT2D eigenvalue weighted by atomic mass is 10.2. The second-order valence-electron chi connectivity index (χ2n) is 3.74. The van der Waals surface area contributed by atoms with E-state index in [1.165, 1.54) is 0 Å². The van der Waals surface area contributed by atoms with Gasteiger partial charge in [0.15, 0.2) is 5.11 Å². The topological polar surface area (TPSA) is 54.0 Å². The average molecular weight is 259 g/mol. The summed E-state index contributed by atoms with van der Waals surface area (Å²) in [5.74, 6) is -0.110.